The first-order valence-corrected chi connectivity index (χ1v) is 10.4. The molecule has 150 valence electrons. The van der Waals surface area contributed by atoms with Crippen molar-refractivity contribution in [3.8, 4) is 0 Å². The van der Waals surface area contributed by atoms with Crippen molar-refractivity contribution in [2.24, 2.45) is 0 Å². The van der Waals surface area contributed by atoms with Crippen molar-refractivity contribution in [2.75, 3.05) is 11.9 Å². The smallest absolute Gasteiger partial charge is 0.338 e. The maximum Gasteiger partial charge on any atom is 0.338 e. The van der Waals surface area contributed by atoms with Gasteiger partial charge >= 0.3 is 5.97 Å². The number of nitrogens with one attached hydrogen (secondary N) is 1. The SMILES string of the molecule is CCOC(=O)c1ccc(NC(=O)c2sc3nc4n(c(=O)c3c2C)CCCC4)cc1. The number of aromatic nitrogens is 2. The Kier molecular flexibility index (Phi) is 5.19. The van der Waals surface area contributed by atoms with Gasteiger partial charge in [0, 0.05) is 18.7 Å². The number of aryl methyl sites for hydroxylation is 2. The molecular weight excluding hydrogens is 390 g/mol. The Morgan fingerprint density at radius 3 is 2.72 bits per heavy atom. The Hall–Kier alpha value is -3.00. The molecule has 1 aliphatic heterocycles. The van der Waals surface area contributed by atoms with Gasteiger partial charge in [0.15, 0.2) is 0 Å². The van der Waals surface area contributed by atoms with E-state index in [0.29, 0.717) is 45.1 Å². The largest absolute Gasteiger partial charge is 0.462 e. The molecule has 0 fully saturated rings. The third-order valence-corrected chi connectivity index (χ3v) is 6.21. The van der Waals surface area contributed by atoms with E-state index in [2.05, 4.69) is 10.3 Å². The van der Waals surface area contributed by atoms with Crippen LogP contribution in [0.5, 0.6) is 0 Å². The molecule has 7 nitrogen and oxygen atoms in total. The molecule has 1 amide bonds. The van der Waals surface area contributed by atoms with Crippen molar-refractivity contribution in [1.82, 2.24) is 9.55 Å². The van der Waals surface area contributed by atoms with Crippen molar-refractivity contribution in [1.29, 1.82) is 0 Å². The molecule has 0 atom stereocenters. The summed E-state index contributed by atoms with van der Waals surface area (Å²) in [6, 6.07) is 6.51. The number of hydrogen-bond acceptors (Lipinski definition) is 6. The number of esters is 1. The number of benzene rings is 1. The van der Waals surface area contributed by atoms with E-state index in [1.165, 1.54) is 11.3 Å². The fourth-order valence-electron chi connectivity index (χ4n) is 3.54. The zero-order valence-electron chi connectivity index (χ0n) is 16.3. The standard InChI is InChI=1S/C21H21N3O4S/c1-3-28-21(27)13-7-9-14(10-8-13)22-18(25)17-12(2)16-19(29-17)23-15-6-4-5-11-24(15)20(16)26/h7-10H,3-6,11H2,1-2H3,(H,22,25). The zero-order valence-corrected chi connectivity index (χ0v) is 17.1. The van der Waals surface area contributed by atoms with Gasteiger partial charge in [0.25, 0.3) is 11.5 Å². The Bertz CT molecular complexity index is 1160. The number of hydrogen-bond donors (Lipinski definition) is 1. The normalized spacial score (nSPS) is 13.2. The van der Waals surface area contributed by atoms with E-state index in [1.807, 2.05) is 0 Å². The van der Waals surface area contributed by atoms with Crippen LogP contribution in [0.3, 0.4) is 0 Å². The van der Waals surface area contributed by atoms with Gasteiger partial charge in [0.2, 0.25) is 0 Å². The molecule has 8 heteroatoms. The van der Waals surface area contributed by atoms with Gasteiger partial charge in [-0.2, -0.15) is 0 Å². The lowest BCUT2D eigenvalue weighted by atomic mass is 10.1. The predicted molar refractivity (Wildman–Crippen MR) is 112 cm³/mol. The molecule has 0 saturated heterocycles. The lowest BCUT2D eigenvalue weighted by molar-refractivity contribution is 0.0526. The molecule has 0 radical (unpaired) electrons. The fourth-order valence-corrected chi connectivity index (χ4v) is 4.63. The van der Waals surface area contributed by atoms with Crippen LogP contribution in [-0.2, 0) is 17.7 Å². The molecular formula is C21H21N3O4S. The Morgan fingerprint density at radius 1 is 1.24 bits per heavy atom. The number of carbonyl (C=O) groups excluding carboxylic acids is 2. The Balaban J connectivity index is 1.62. The second-order valence-electron chi connectivity index (χ2n) is 6.93. The number of carbonyl (C=O) groups is 2. The van der Waals surface area contributed by atoms with Gasteiger partial charge < -0.3 is 10.1 Å². The highest BCUT2D eigenvalue weighted by atomic mass is 32.1. The van der Waals surface area contributed by atoms with Crippen molar-refractivity contribution < 1.29 is 14.3 Å². The monoisotopic (exact) mass is 411 g/mol. The van der Waals surface area contributed by atoms with Crippen LogP contribution in [0.4, 0.5) is 5.69 Å². The molecule has 0 bridgehead atoms. The summed E-state index contributed by atoms with van der Waals surface area (Å²) in [4.78, 5) is 43.2. The lowest BCUT2D eigenvalue weighted by Crippen LogP contribution is -2.28. The zero-order chi connectivity index (χ0) is 20.5. The summed E-state index contributed by atoms with van der Waals surface area (Å²) >= 11 is 1.24. The van der Waals surface area contributed by atoms with Gasteiger partial charge in [-0.05, 0) is 56.5 Å². The molecule has 29 heavy (non-hydrogen) atoms. The molecule has 1 aliphatic rings. The van der Waals surface area contributed by atoms with E-state index >= 15 is 0 Å². The molecule has 3 aromatic rings. The highest BCUT2D eigenvalue weighted by Crippen LogP contribution is 2.29. The van der Waals surface area contributed by atoms with Crippen LogP contribution in [-0.4, -0.2) is 28.0 Å². The van der Waals surface area contributed by atoms with Crippen molar-refractivity contribution in [3.05, 3.63) is 56.4 Å². The average molecular weight is 411 g/mol. The van der Waals surface area contributed by atoms with E-state index in [1.54, 1.807) is 42.7 Å². The number of thiophene rings is 1. The lowest BCUT2D eigenvalue weighted by Gasteiger charge is -2.16. The second-order valence-corrected chi connectivity index (χ2v) is 7.93. The first kappa shape index (κ1) is 19.3. The third-order valence-electron chi connectivity index (χ3n) is 5.02. The number of anilines is 1. The Labute approximate surface area is 171 Å². The predicted octanol–water partition coefficient (Wildman–Crippen LogP) is 3.53. The minimum Gasteiger partial charge on any atom is -0.462 e. The van der Waals surface area contributed by atoms with Gasteiger partial charge in [0.05, 0.1) is 22.4 Å². The quantitative estimate of drug-likeness (QED) is 0.663. The molecule has 4 rings (SSSR count). The number of nitrogens with zero attached hydrogens (tertiary/aromatic N) is 2. The third kappa shape index (κ3) is 3.55. The summed E-state index contributed by atoms with van der Waals surface area (Å²) in [5, 5.41) is 3.36. The highest BCUT2D eigenvalue weighted by Gasteiger charge is 2.22. The van der Waals surface area contributed by atoms with Gasteiger partial charge in [-0.3, -0.25) is 14.2 Å². The first-order chi connectivity index (χ1) is 14.0. The van der Waals surface area contributed by atoms with Gasteiger partial charge in [-0.1, -0.05) is 0 Å². The molecule has 0 spiro atoms. The van der Waals surface area contributed by atoms with Gasteiger partial charge in [-0.15, -0.1) is 11.3 Å². The van der Waals surface area contributed by atoms with Crippen molar-refractivity contribution in [3.63, 3.8) is 0 Å². The van der Waals surface area contributed by atoms with E-state index in [0.717, 1.165) is 25.1 Å². The molecule has 1 N–H and O–H groups in total. The van der Waals surface area contributed by atoms with E-state index < -0.39 is 5.97 Å². The maximum absolute atomic E-state index is 12.9. The summed E-state index contributed by atoms with van der Waals surface area (Å²) in [7, 11) is 0. The molecule has 0 saturated carbocycles. The van der Waals surface area contributed by atoms with Crippen LogP contribution in [0.25, 0.3) is 10.2 Å². The van der Waals surface area contributed by atoms with Crippen LogP contribution in [0, 0.1) is 6.92 Å². The van der Waals surface area contributed by atoms with Crippen molar-refractivity contribution in [2.45, 2.75) is 39.7 Å². The van der Waals surface area contributed by atoms with Crippen LogP contribution in [0.1, 0.15) is 51.2 Å². The van der Waals surface area contributed by atoms with Crippen LogP contribution < -0.4 is 10.9 Å². The minimum absolute atomic E-state index is 0.0590. The summed E-state index contributed by atoms with van der Waals surface area (Å²) in [6.07, 6.45) is 2.78. The summed E-state index contributed by atoms with van der Waals surface area (Å²) in [6.45, 7) is 4.52. The summed E-state index contributed by atoms with van der Waals surface area (Å²) < 4.78 is 6.70. The fraction of sp³-hybridized carbons (Fsp3) is 0.333. The van der Waals surface area contributed by atoms with E-state index in [4.69, 9.17) is 4.74 Å². The second kappa shape index (κ2) is 7.79. The molecule has 0 aliphatic carbocycles. The Morgan fingerprint density at radius 2 is 2.00 bits per heavy atom. The molecule has 2 aromatic heterocycles. The number of ether oxygens (including phenoxy) is 1. The topological polar surface area (TPSA) is 90.3 Å². The molecule has 3 heterocycles. The highest BCUT2D eigenvalue weighted by molar-refractivity contribution is 7.20. The summed E-state index contributed by atoms with van der Waals surface area (Å²) in [5.41, 5.74) is 1.58. The van der Waals surface area contributed by atoms with E-state index in [-0.39, 0.29) is 11.5 Å². The molecule has 0 unspecified atom stereocenters. The van der Waals surface area contributed by atoms with Gasteiger partial charge in [0.1, 0.15) is 10.7 Å². The van der Waals surface area contributed by atoms with E-state index in [9.17, 15) is 14.4 Å². The maximum atomic E-state index is 12.9. The number of rotatable bonds is 4. The molecule has 1 aromatic carbocycles. The van der Waals surface area contributed by atoms with Gasteiger partial charge in [-0.25, -0.2) is 9.78 Å². The minimum atomic E-state index is -0.402. The number of fused-ring (bicyclic) bond motifs is 2. The van der Waals surface area contributed by atoms with Crippen LogP contribution in [0.2, 0.25) is 0 Å². The summed E-state index contributed by atoms with van der Waals surface area (Å²) in [5.74, 6) is 0.106. The van der Waals surface area contributed by atoms with Crippen molar-refractivity contribution >= 4 is 39.1 Å². The van der Waals surface area contributed by atoms with Crippen LogP contribution >= 0.6 is 11.3 Å². The van der Waals surface area contributed by atoms with Crippen LogP contribution in [0.15, 0.2) is 29.1 Å². The first-order valence-electron chi connectivity index (χ1n) is 9.61. The average Bonchev–Trinajstić information content (AvgIpc) is 3.05. The number of amides is 1.